The Morgan fingerprint density at radius 2 is 1.40 bits per heavy atom. The third-order valence-electron chi connectivity index (χ3n) is 5.68. The number of ether oxygens (including phenoxy) is 1. The Balaban J connectivity index is 2.09. The molecule has 0 spiro atoms. The average molecular weight is 488 g/mol. The molecular weight excluding hydrogens is 458 g/mol. The Kier molecular flexibility index (Phi) is 7.02. The molecule has 3 aromatic rings. The van der Waals surface area contributed by atoms with Gasteiger partial charge in [-0.1, -0.05) is 59.7 Å². The Morgan fingerprint density at radius 1 is 0.829 bits per heavy atom. The van der Waals surface area contributed by atoms with Crippen molar-refractivity contribution >= 4 is 11.9 Å². The molecule has 1 N–H and O–H groups in total. The molecule has 0 aliphatic carbocycles. The standard InChI is InChI=1S/C28H29F4NO2/c1-15-21(29)23(31)26(24(32)22(15)30)35-20-11-9-8-10-19(20)33-14-16-12-17(27(2,3)4)13-18(25(16)34)28(5,6)7/h8-14,34H,1-7H3. The van der Waals surface area contributed by atoms with Gasteiger partial charge in [0.25, 0.3) is 0 Å². The van der Waals surface area contributed by atoms with Gasteiger partial charge in [-0.3, -0.25) is 4.99 Å². The van der Waals surface area contributed by atoms with Gasteiger partial charge in [0.15, 0.2) is 17.4 Å². The molecule has 3 nitrogen and oxygen atoms in total. The molecule has 3 aromatic carbocycles. The van der Waals surface area contributed by atoms with Crippen LogP contribution in [0.15, 0.2) is 41.4 Å². The van der Waals surface area contributed by atoms with Gasteiger partial charge in [-0.15, -0.1) is 0 Å². The summed E-state index contributed by atoms with van der Waals surface area (Å²) >= 11 is 0. The maximum atomic E-state index is 14.4. The normalized spacial score (nSPS) is 12.4. The molecule has 0 aliphatic rings. The van der Waals surface area contributed by atoms with Crippen LogP contribution in [0.3, 0.4) is 0 Å². The summed E-state index contributed by atoms with van der Waals surface area (Å²) in [5, 5.41) is 11.0. The predicted octanol–water partition coefficient (Wildman–Crippen LogP) is 8.39. The summed E-state index contributed by atoms with van der Waals surface area (Å²) in [6, 6.07) is 9.82. The van der Waals surface area contributed by atoms with Crippen molar-refractivity contribution in [2.45, 2.75) is 59.3 Å². The number of hydrogen-bond donors (Lipinski definition) is 1. The lowest BCUT2D eigenvalue weighted by molar-refractivity contribution is 0.363. The molecular formula is C28H29F4NO2. The molecule has 0 saturated carbocycles. The number of hydrogen-bond acceptors (Lipinski definition) is 3. The number of aliphatic imine (C=N–C) groups is 1. The smallest absolute Gasteiger partial charge is 0.204 e. The van der Waals surface area contributed by atoms with Crippen molar-refractivity contribution in [2.24, 2.45) is 4.99 Å². The van der Waals surface area contributed by atoms with Crippen LogP contribution in [0.2, 0.25) is 0 Å². The Labute approximate surface area is 203 Å². The van der Waals surface area contributed by atoms with Gasteiger partial charge in [-0.2, -0.15) is 8.78 Å². The van der Waals surface area contributed by atoms with E-state index in [9.17, 15) is 22.7 Å². The minimum atomic E-state index is -1.63. The largest absolute Gasteiger partial charge is 0.507 e. The fourth-order valence-corrected chi connectivity index (χ4v) is 3.47. The third-order valence-corrected chi connectivity index (χ3v) is 5.68. The highest BCUT2D eigenvalue weighted by atomic mass is 19.2. The summed E-state index contributed by atoms with van der Waals surface area (Å²) in [5.74, 6) is -7.58. The van der Waals surface area contributed by atoms with E-state index >= 15 is 0 Å². The minimum Gasteiger partial charge on any atom is -0.507 e. The number of halogens is 4. The van der Waals surface area contributed by atoms with Crippen molar-refractivity contribution in [3.63, 3.8) is 0 Å². The second-order valence-corrected chi connectivity index (χ2v) is 10.5. The fourth-order valence-electron chi connectivity index (χ4n) is 3.47. The highest BCUT2D eigenvalue weighted by Gasteiger charge is 2.26. The van der Waals surface area contributed by atoms with E-state index in [1.807, 2.05) is 32.9 Å². The number of nitrogens with zero attached hydrogens (tertiary/aromatic N) is 1. The third kappa shape index (κ3) is 5.34. The fraction of sp³-hybridized carbons (Fsp3) is 0.321. The number of aromatic hydroxyl groups is 1. The van der Waals surface area contributed by atoms with Crippen molar-refractivity contribution in [1.29, 1.82) is 0 Å². The lowest BCUT2D eigenvalue weighted by Crippen LogP contribution is -2.17. The van der Waals surface area contributed by atoms with Crippen LogP contribution in [0, 0.1) is 30.2 Å². The van der Waals surface area contributed by atoms with Crippen LogP contribution in [0.5, 0.6) is 17.2 Å². The quantitative estimate of drug-likeness (QED) is 0.228. The zero-order valence-electron chi connectivity index (χ0n) is 20.9. The number of benzene rings is 3. The van der Waals surface area contributed by atoms with Crippen LogP contribution in [0.25, 0.3) is 0 Å². The maximum absolute atomic E-state index is 14.4. The molecule has 0 heterocycles. The highest BCUT2D eigenvalue weighted by molar-refractivity contribution is 5.87. The van der Waals surface area contributed by atoms with Gasteiger partial charge in [-0.05, 0) is 41.5 Å². The Hall–Kier alpha value is -3.35. The topological polar surface area (TPSA) is 41.8 Å². The number of rotatable bonds is 4. The maximum Gasteiger partial charge on any atom is 0.204 e. The summed E-state index contributed by atoms with van der Waals surface area (Å²) in [6.07, 6.45) is 1.42. The van der Waals surface area contributed by atoms with E-state index < -0.39 is 34.6 Å². The van der Waals surface area contributed by atoms with Crippen LogP contribution < -0.4 is 4.74 Å². The molecule has 0 fully saturated rings. The molecule has 0 radical (unpaired) electrons. The number of phenolic OH excluding ortho intramolecular Hbond substituents is 1. The van der Waals surface area contributed by atoms with Crippen LogP contribution in [0.4, 0.5) is 23.2 Å². The summed E-state index contributed by atoms with van der Waals surface area (Å²) < 4.78 is 62.0. The minimum absolute atomic E-state index is 0.0624. The molecule has 35 heavy (non-hydrogen) atoms. The molecule has 0 atom stereocenters. The predicted molar refractivity (Wildman–Crippen MR) is 130 cm³/mol. The van der Waals surface area contributed by atoms with Crippen LogP contribution in [-0.2, 0) is 10.8 Å². The molecule has 0 bridgehead atoms. The van der Waals surface area contributed by atoms with Gasteiger partial charge in [0.1, 0.15) is 11.4 Å². The van der Waals surface area contributed by atoms with E-state index in [-0.39, 0.29) is 28.0 Å². The zero-order chi connectivity index (χ0) is 26.3. The first-order valence-corrected chi connectivity index (χ1v) is 11.1. The first-order valence-electron chi connectivity index (χ1n) is 11.1. The van der Waals surface area contributed by atoms with E-state index in [0.717, 1.165) is 18.1 Å². The van der Waals surface area contributed by atoms with Crippen LogP contribution >= 0.6 is 0 Å². The molecule has 7 heteroatoms. The SMILES string of the molecule is Cc1c(F)c(F)c(Oc2ccccc2N=Cc2cc(C(C)(C)C)cc(C(C)(C)C)c2O)c(F)c1F. The summed E-state index contributed by atoms with van der Waals surface area (Å²) in [4.78, 5) is 4.36. The van der Waals surface area contributed by atoms with Crippen molar-refractivity contribution in [1.82, 2.24) is 0 Å². The van der Waals surface area contributed by atoms with Gasteiger partial charge < -0.3 is 9.84 Å². The van der Waals surface area contributed by atoms with Crippen LogP contribution in [-0.4, -0.2) is 11.3 Å². The zero-order valence-corrected chi connectivity index (χ0v) is 20.9. The van der Waals surface area contributed by atoms with E-state index in [1.54, 1.807) is 6.07 Å². The first kappa shape index (κ1) is 26.3. The lowest BCUT2D eigenvalue weighted by atomic mass is 9.79. The van der Waals surface area contributed by atoms with Gasteiger partial charge in [-0.25, -0.2) is 8.78 Å². The molecule has 3 rings (SSSR count). The first-order chi connectivity index (χ1) is 16.1. The number of phenols is 1. The second-order valence-electron chi connectivity index (χ2n) is 10.5. The van der Waals surface area contributed by atoms with E-state index in [2.05, 4.69) is 25.8 Å². The van der Waals surface area contributed by atoms with Crippen molar-refractivity contribution < 1.29 is 27.4 Å². The van der Waals surface area contributed by atoms with Gasteiger partial charge in [0, 0.05) is 22.9 Å². The van der Waals surface area contributed by atoms with Crippen molar-refractivity contribution in [3.8, 4) is 17.2 Å². The molecule has 0 unspecified atom stereocenters. The van der Waals surface area contributed by atoms with Gasteiger partial charge >= 0.3 is 0 Å². The highest BCUT2D eigenvalue weighted by Crippen LogP contribution is 2.39. The molecule has 0 amide bonds. The molecule has 0 saturated heterocycles. The Bertz CT molecular complexity index is 1270. The van der Waals surface area contributed by atoms with Gasteiger partial charge in [0.2, 0.25) is 17.4 Å². The van der Waals surface area contributed by atoms with Crippen LogP contribution in [0.1, 0.15) is 63.8 Å². The monoisotopic (exact) mass is 487 g/mol. The summed E-state index contributed by atoms with van der Waals surface area (Å²) in [7, 11) is 0. The number of para-hydroxylation sites is 2. The molecule has 0 aromatic heterocycles. The molecule has 186 valence electrons. The second kappa shape index (κ2) is 9.36. The summed E-state index contributed by atoms with van der Waals surface area (Å²) in [5.41, 5.74) is 0.997. The van der Waals surface area contributed by atoms with E-state index in [0.29, 0.717) is 5.56 Å². The summed E-state index contributed by atoms with van der Waals surface area (Å²) in [6.45, 7) is 13.1. The molecule has 0 aliphatic heterocycles. The van der Waals surface area contributed by atoms with Crippen molar-refractivity contribution in [2.75, 3.05) is 0 Å². The average Bonchev–Trinajstić information content (AvgIpc) is 2.77. The Morgan fingerprint density at radius 3 is 1.94 bits per heavy atom. The van der Waals surface area contributed by atoms with Crippen molar-refractivity contribution in [3.05, 3.63) is 81.9 Å². The van der Waals surface area contributed by atoms with Gasteiger partial charge in [0.05, 0.1) is 0 Å². The van der Waals surface area contributed by atoms with E-state index in [1.165, 1.54) is 24.4 Å². The lowest BCUT2D eigenvalue weighted by Gasteiger charge is -2.27. The van der Waals surface area contributed by atoms with E-state index in [4.69, 9.17) is 4.74 Å².